The van der Waals surface area contributed by atoms with Crippen molar-refractivity contribution in [1.29, 1.82) is 0 Å². The van der Waals surface area contributed by atoms with Crippen LogP contribution in [0, 0.1) is 17.8 Å². The molecule has 1 saturated heterocycles. The molecule has 1 N–H and O–H groups in total. The molecular formula is C10H14BrNO2. The van der Waals surface area contributed by atoms with Crippen molar-refractivity contribution in [3.05, 3.63) is 0 Å². The number of carbonyl (C=O) groups is 1. The molecule has 5 unspecified atom stereocenters. The summed E-state index contributed by atoms with van der Waals surface area (Å²) in [6.07, 6.45) is 2.03. The van der Waals surface area contributed by atoms with E-state index < -0.39 is 0 Å². The van der Waals surface area contributed by atoms with Crippen LogP contribution in [0.15, 0.2) is 0 Å². The average molecular weight is 260 g/mol. The molecule has 1 aliphatic heterocycles. The average Bonchev–Trinajstić information content (AvgIpc) is 2.75. The second-order valence-corrected chi connectivity index (χ2v) is 5.38. The summed E-state index contributed by atoms with van der Waals surface area (Å²) < 4.78 is 0. The Morgan fingerprint density at radius 2 is 2.21 bits per heavy atom. The number of alkyl halides is 1. The monoisotopic (exact) mass is 259 g/mol. The maximum absolute atomic E-state index is 11.6. The number of hydrogen-bond acceptors (Lipinski definition) is 2. The Morgan fingerprint density at radius 1 is 1.43 bits per heavy atom. The lowest BCUT2D eigenvalue weighted by Gasteiger charge is -2.28. The molecule has 14 heavy (non-hydrogen) atoms. The molecular weight excluding hydrogens is 246 g/mol. The predicted octanol–water partition coefficient (Wildman–Crippen LogP) is 0.609. The molecule has 3 fully saturated rings. The van der Waals surface area contributed by atoms with Crippen molar-refractivity contribution in [2.24, 2.45) is 17.8 Å². The van der Waals surface area contributed by atoms with Gasteiger partial charge in [0.05, 0.1) is 17.5 Å². The van der Waals surface area contributed by atoms with Gasteiger partial charge in [0, 0.05) is 6.54 Å². The lowest BCUT2D eigenvalue weighted by Crippen LogP contribution is -2.44. The van der Waals surface area contributed by atoms with Crippen molar-refractivity contribution in [2.45, 2.75) is 25.0 Å². The van der Waals surface area contributed by atoms with E-state index in [0.717, 1.165) is 19.4 Å². The van der Waals surface area contributed by atoms with E-state index in [1.165, 1.54) is 0 Å². The second kappa shape index (κ2) is 2.95. The molecule has 0 aromatic rings. The summed E-state index contributed by atoms with van der Waals surface area (Å²) in [7, 11) is 0. The van der Waals surface area contributed by atoms with Crippen LogP contribution in [0.1, 0.15) is 12.8 Å². The molecule has 2 aliphatic carbocycles. The number of aliphatic hydroxyl groups excluding tert-OH is 1. The van der Waals surface area contributed by atoms with Crippen molar-refractivity contribution >= 4 is 21.8 Å². The van der Waals surface area contributed by atoms with Gasteiger partial charge in [0.25, 0.3) is 0 Å². The van der Waals surface area contributed by atoms with E-state index in [4.69, 9.17) is 0 Å². The maximum atomic E-state index is 11.6. The predicted molar refractivity (Wildman–Crippen MR) is 55.0 cm³/mol. The summed E-state index contributed by atoms with van der Waals surface area (Å²) in [5.74, 6) is 1.89. The summed E-state index contributed by atoms with van der Waals surface area (Å²) in [5, 5.41) is 10.4. The van der Waals surface area contributed by atoms with Crippen LogP contribution in [-0.4, -0.2) is 39.9 Å². The minimum Gasteiger partial charge on any atom is -0.391 e. The van der Waals surface area contributed by atoms with Gasteiger partial charge < -0.3 is 10.0 Å². The largest absolute Gasteiger partial charge is 0.391 e. The molecule has 78 valence electrons. The number of likely N-dealkylation sites (tertiary alicyclic amines) is 1. The van der Waals surface area contributed by atoms with E-state index in [1.54, 1.807) is 0 Å². The number of carbonyl (C=O) groups excluding carboxylic acids is 1. The molecule has 1 heterocycles. The molecule has 3 aliphatic rings. The first-order valence-electron chi connectivity index (χ1n) is 5.26. The van der Waals surface area contributed by atoms with Gasteiger partial charge in [-0.3, -0.25) is 4.79 Å². The van der Waals surface area contributed by atoms with Crippen LogP contribution in [-0.2, 0) is 4.79 Å². The zero-order chi connectivity index (χ0) is 9.87. The first kappa shape index (κ1) is 9.16. The zero-order valence-corrected chi connectivity index (χ0v) is 9.48. The van der Waals surface area contributed by atoms with Gasteiger partial charge in [0.15, 0.2) is 0 Å². The molecule has 5 atom stereocenters. The van der Waals surface area contributed by atoms with E-state index in [9.17, 15) is 9.90 Å². The van der Waals surface area contributed by atoms with Gasteiger partial charge in [-0.15, -0.1) is 0 Å². The Hall–Kier alpha value is -0.0900. The highest BCUT2D eigenvalue weighted by Crippen LogP contribution is 2.54. The fraction of sp³-hybridized carbons (Fsp3) is 0.900. The summed E-state index contributed by atoms with van der Waals surface area (Å²) in [4.78, 5) is 13.5. The summed E-state index contributed by atoms with van der Waals surface area (Å²) in [6, 6.07) is 0.142. The molecule has 0 spiro atoms. The third-order valence-electron chi connectivity index (χ3n) is 4.28. The SMILES string of the molecule is O=C(CBr)N1CC2CC3CC2C1C3O. The van der Waals surface area contributed by atoms with Gasteiger partial charge >= 0.3 is 0 Å². The van der Waals surface area contributed by atoms with Crippen LogP contribution in [0.2, 0.25) is 0 Å². The number of nitrogens with zero attached hydrogens (tertiary/aromatic N) is 1. The second-order valence-electron chi connectivity index (χ2n) is 4.82. The van der Waals surface area contributed by atoms with Gasteiger partial charge in [-0.25, -0.2) is 0 Å². The van der Waals surface area contributed by atoms with Crippen molar-refractivity contribution in [1.82, 2.24) is 4.90 Å². The molecule has 3 nitrogen and oxygen atoms in total. The lowest BCUT2D eigenvalue weighted by atomic mass is 9.88. The van der Waals surface area contributed by atoms with E-state index in [-0.39, 0.29) is 18.1 Å². The van der Waals surface area contributed by atoms with E-state index in [1.807, 2.05) is 4.90 Å². The van der Waals surface area contributed by atoms with Gasteiger partial charge in [0.1, 0.15) is 0 Å². The van der Waals surface area contributed by atoms with Crippen molar-refractivity contribution in [2.75, 3.05) is 11.9 Å². The Labute approximate surface area is 91.6 Å². The number of halogens is 1. The summed E-state index contributed by atoms with van der Waals surface area (Å²) in [5.41, 5.74) is 0. The van der Waals surface area contributed by atoms with Crippen LogP contribution >= 0.6 is 15.9 Å². The fourth-order valence-electron chi connectivity index (χ4n) is 3.78. The smallest absolute Gasteiger partial charge is 0.233 e. The van der Waals surface area contributed by atoms with E-state index in [2.05, 4.69) is 15.9 Å². The first-order chi connectivity index (χ1) is 6.72. The van der Waals surface area contributed by atoms with Crippen LogP contribution in [0.3, 0.4) is 0 Å². The Kier molecular flexibility index (Phi) is 1.93. The van der Waals surface area contributed by atoms with Gasteiger partial charge in [-0.2, -0.15) is 0 Å². The first-order valence-corrected chi connectivity index (χ1v) is 6.38. The highest BCUT2D eigenvalue weighted by atomic mass is 79.9. The zero-order valence-electron chi connectivity index (χ0n) is 7.90. The molecule has 4 heteroatoms. The summed E-state index contributed by atoms with van der Waals surface area (Å²) >= 11 is 3.20. The molecule has 1 amide bonds. The van der Waals surface area contributed by atoms with Crippen molar-refractivity contribution in [3.8, 4) is 0 Å². The van der Waals surface area contributed by atoms with Crippen molar-refractivity contribution < 1.29 is 9.90 Å². The third kappa shape index (κ3) is 0.986. The minimum absolute atomic E-state index is 0.142. The molecule has 0 aromatic heterocycles. The molecule has 0 aromatic carbocycles. The highest BCUT2D eigenvalue weighted by Gasteiger charge is 2.59. The van der Waals surface area contributed by atoms with Gasteiger partial charge in [-0.05, 0) is 30.6 Å². The van der Waals surface area contributed by atoms with Crippen LogP contribution in [0.4, 0.5) is 0 Å². The number of aliphatic hydroxyl groups is 1. The number of fused-ring (bicyclic) bond motifs is 1. The lowest BCUT2D eigenvalue weighted by molar-refractivity contribution is -0.131. The highest BCUT2D eigenvalue weighted by molar-refractivity contribution is 9.09. The number of rotatable bonds is 1. The summed E-state index contributed by atoms with van der Waals surface area (Å²) in [6.45, 7) is 0.882. The molecule has 2 bridgehead atoms. The van der Waals surface area contributed by atoms with E-state index in [0.29, 0.717) is 23.1 Å². The maximum Gasteiger partial charge on any atom is 0.233 e. The van der Waals surface area contributed by atoms with Crippen molar-refractivity contribution in [3.63, 3.8) is 0 Å². The fourth-order valence-corrected chi connectivity index (χ4v) is 4.10. The van der Waals surface area contributed by atoms with Crippen LogP contribution < -0.4 is 0 Å². The Morgan fingerprint density at radius 3 is 2.86 bits per heavy atom. The quantitative estimate of drug-likeness (QED) is 0.702. The minimum atomic E-state index is -0.248. The van der Waals surface area contributed by atoms with Crippen LogP contribution in [0.25, 0.3) is 0 Å². The number of amides is 1. The molecule has 0 radical (unpaired) electrons. The molecule has 2 saturated carbocycles. The number of hydrogen-bond donors (Lipinski definition) is 1. The Balaban J connectivity index is 1.88. The molecule has 3 rings (SSSR count). The van der Waals surface area contributed by atoms with Crippen LogP contribution in [0.5, 0.6) is 0 Å². The standard InChI is InChI=1S/C10H14BrNO2/c11-3-8(13)12-4-6-1-5-2-7(6)9(12)10(5)14/h5-7,9-10,14H,1-4H2. The topological polar surface area (TPSA) is 40.5 Å². The normalized spacial score (nSPS) is 49.0. The van der Waals surface area contributed by atoms with E-state index >= 15 is 0 Å². The third-order valence-corrected chi connectivity index (χ3v) is 4.76. The Bertz CT molecular complexity index is 281. The van der Waals surface area contributed by atoms with Gasteiger partial charge in [-0.1, -0.05) is 15.9 Å². The van der Waals surface area contributed by atoms with Gasteiger partial charge in [0.2, 0.25) is 5.91 Å².